The Morgan fingerprint density at radius 3 is 2.80 bits per heavy atom. The fourth-order valence-electron chi connectivity index (χ4n) is 2.73. The van der Waals surface area contributed by atoms with Crippen molar-refractivity contribution in [1.82, 2.24) is 0 Å². The van der Waals surface area contributed by atoms with Gasteiger partial charge in [-0.3, -0.25) is 0 Å². The van der Waals surface area contributed by atoms with Gasteiger partial charge in [0.2, 0.25) is 0 Å². The molecule has 0 spiro atoms. The predicted octanol–water partition coefficient (Wildman–Crippen LogP) is 2.67. The lowest BCUT2D eigenvalue weighted by Crippen LogP contribution is -2.16. The van der Waals surface area contributed by atoms with Crippen LogP contribution in [0.15, 0.2) is 22.8 Å². The van der Waals surface area contributed by atoms with Crippen molar-refractivity contribution in [3.63, 3.8) is 0 Å². The zero-order chi connectivity index (χ0) is 6.72. The van der Waals surface area contributed by atoms with Crippen molar-refractivity contribution in [3.05, 3.63) is 22.8 Å². The van der Waals surface area contributed by atoms with Gasteiger partial charge in [-0.2, -0.15) is 0 Å². The van der Waals surface area contributed by atoms with Crippen LogP contribution in [0.2, 0.25) is 0 Å². The molecule has 0 aliphatic heterocycles. The van der Waals surface area contributed by atoms with Gasteiger partial charge in [-0.15, -0.1) is 0 Å². The van der Waals surface area contributed by atoms with Gasteiger partial charge in [0.1, 0.15) is 0 Å². The van der Waals surface area contributed by atoms with E-state index >= 15 is 0 Å². The third-order valence-corrected chi connectivity index (χ3v) is 3.31. The van der Waals surface area contributed by atoms with Crippen LogP contribution in [0.1, 0.15) is 26.2 Å². The smallest absolute Gasteiger partial charge is 0.00993 e. The molecular formula is C10H12. The van der Waals surface area contributed by atoms with Gasteiger partial charge in [-0.05, 0) is 43.6 Å². The Bertz CT molecular complexity index is 249. The molecule has 4 aliphatic carbocycles. The van der Waals surface area contributed by atoms with E-state index in [9.17, 15) is 0 Å². The highest BCUT2D eigenvalue weighted by Gasteiger charge is 2.44. The molecule has 0 nitrogen and oxygen atoms in total. The molecule has 2 bridgehead atoms. The molecule has 0 N–H and O–H groups in total. The predicted molar refractivity (Wildman–Crippen MR) is 41.6 cm³/mol. The molecule has 0 atom stereocenters. The van der Waals surface area contributed by atoms with Gasteiger partial charge in [-0.25, -0.2) is 0 Å². The van der Waals surface area contributed by atoms with E-state index in [4.69, 9.17) is 0 Å². The summed E-state index contributed by atoms with van der Waals surface area (Å²) < 4.78 is 0. The highest BCUT2D eigenvalue weighted by molar-refractivity contribution is 5.48. The van der Waals surface area contributed by atoms with Crippen LogP contribution in [0.5, 0.6) is 0 Å². The highest BCUT2D eigenvalue weighted by Crippen LogP contribution is 2.57. The quantitative estimate of drug-likeness (QED) is 0.475. The monoisotopic (exact) mass is 132 g/mol. The van der Waals surface area contributed by atoms with Crippen LogP contribution < -0.4 is 0 Å². The minimum Gasteiger partial charge on any atom is -0.0690 e. The molecule has 0 heteroatoms. The van der Waals surface area contributed by atoms with Gasteiger partial charge in [0.15, 0.2) is 0 Å². The summed E-state index contributed by atoms with van der Waals surface area (Å²) in [6.07, 6.45) is 6.74. The van der Waals surface area contributed by atoms with Crippen LogP contribution >= 0.6 is 0 Å². The molecule has 52 valence electrons. The minimum atomic E-state index is 0.998. The first-order valence-corrected chi connectivity index (χ1v) is 4.24. The second-order valence-electron chi connectivity index (χ2n) is 4.01. The van der Waals surface area contributed by atoms with E-state index < -0.39 is 0 Å². The Kier molecular flexibility index (Phi) is 0.719. The Morgan fingerprint density at radius 1 is 1.30 bits per heavy atom. The molecule has 10 heavy (non-hydrogen) atoms. The molecule has 0 amide bonds. The van der Waals surface area contributed by atoms with Gasteiger partial charge in [0, 0.05) is 0 Å². The Balaban J connectivity index is 2.07. The van der Waals surface area contributed by atoms with Gasteiger partial charge < -0.3 is 0 Å². The first-order valence-electron chi connectivity index (χ1n) is 4.24. The summed E-state index contributed by atoms with van der Waals surface area (Å²) in [7, 11) is 0. The molecule has 0 aromatic carbocycles. The van der Waals surface area contributed by atoms with E-state index in [1.165, 1.54) is 19.3 Å². The zero-order valence-corrected chi connectivity index (χ0v) is 6.35. The Hall–Kier alpha value is -0.520. The second kappa shape index (κ2) is 1.39. The van der Waals surface area contributed by atoms with E-state index in [0.29, 0.717) is 0 Å². The Labute approximate surface area is 61.6 Å². The minimum absolute atomic E-state index is 0.998. The van der Waals surface area contributed by atoms with Crippen LogP contribution in [-0.4, -0.2) is 0 Å². The van der Waals surface area contributed by atoms with Gasteiger partial charge >= 0.3 is 0 Å². The molecule has 0 radical (unpaired) electrons. The summed E-state index contributed by atoms with van der Waals surface area (Å²) in [5.41, 5.74) is 5.14. The second-order valence-corrected chi connectivity index (χ2v) is 4.01. The zero-order valence-electron chi connectivity index (χ0n) is 6.35. The lowest BCUT2D eigenvalue weighted by Gasteiger charge is -2.27. The lowest BCUT2D eigenvalue weighted by atomic mass is 9.78. The van der Waals surface area contributed by atoms with Gasteiger partial charge in [0.25, 0.3) is 0 Å². The normalized spacial score (nSPS) is 41.5. The molecule has 0 saturated heterocycles. The summed E-state index contributed by atoms with van der Waals surface area (Å²) in [5, 5.41) is 0. The van der Waals surface area contributed by atoms with E-state index in [1.807, 2.05) is 5.57 Å². The van der Waals surface area contributed by atoms with Crippen molar-refractivity contribution in [3.8, 4) is 0 Å². The third-order valence-electron chi connectivity index (χ3n) is 3.31. The maximum Gasteiger partial charge on any atom is -0.00993 e. The first kappa shape index (κ1) is 5.17. The largest absolute Gasteiger partial charge is 0.0690 e. The number of hydrogen-bond acceptors (Lipinski definition) is 0. The number of hydrogen-bond donors (Lipinski definition) is 0. The SMILES string of the molecule is CC1=CC2=C(C1)C1CC2C1. The summed E-state index contributed by atoms with van der Waals surface area (Å²) in [5.74, 6) is 2.02. The lowest BCUT2D eigenvalue weighted by molar-refractivity contribution is 0.314. The van der Waals surface area contributed by atoms with Crippen LogP contribution in [0, 0.1) is 11.8 Å². The maximum absolute atomic E-state index is 2.44. The number of rotatable bonds is 0. The molecule has 1 saturated carbocycles. The van der Waals surface area contributed by atoms with Crippen LogP contribution in [0.4, 0.5) is 0 Å². The van der Waals surface area contributed by atoms with E-state index in [2.05, 4.69) is 13.0 Å². The molecule has 4 rings (SSSR count). The van der Waals surface area contributed by atoms with Gasteiger partial charge in [0.05, 0.1) is 0 Å². The molecular weight excluding hydrogens is 120 g/mol. The van der Waals surface area contributed by atoms with Gasteiger partial charge in [-0.1, -0.05) is 17.2 Å². The van der Waals surface area contributed by atoms with E-state index in [1.54, 1.807) is 11.1 Å². The van der Waals surface area contributed by atoms with Crippen molar-refractivity contribution in [2.24, 2.45) is 11.8 Å². The van der Waals surface area contributed by atoms with Crippen LogP contribution in [0.25, 0.3) is 0 Å². The Morgan fingerprint density at radius 2 is 2.10 bits per heavy atom. The van der Waals surface area contributed by atoms with Crippen LogP contribution in [-0.2, 0) is 0 Å². The van der Waals surface area contributed by atoms with Crippen molar-refractivity contribution >= 4 is 0 Å². The van der Waals surface area contributed by atoms with E-state index in [-0.39, 0.29) is 0 Å². The fourth-order valence-corrected chi connectivity index (χ4v) is 2.73. The summed E-state index contributed by atoms with van der Waals surface area (Å²) in [6, 6.07) is 0. The average molecular weight is 132 g/mol. The topological polar surface area (TPSA) is 0 Å². The van der Waals surface area contributed by atoms with Crippen molar-refractivity contribution in [1.29, 1.82) is 0 Å². The average Bonchev–Trinajstić information content (AvgIpc) is 2.20. The molecule has 1 fully saturated rings. The van der Waals surface area contributed by atoms with Crippen LogP contribution in [0.3, 0.4) is 0 Å². The van der Waals surface area contributed by atoms with Crippen molar-refractivity contribution in [2.45, 2.75) is 26.2 Å². The molecule has 0 aromatic rings. The summed E-state index contributed by atoms with van der Waals surface area (Å²) in [4.78, 5) is 0. The molecule has 0 heterocycles. The maximum atomic E-state index is 2.44. The number of allylic oxidation sites excluding steroid dienone is 4. The first-order chi connectivity index (χ1) is 4.84. The highest BCUT2D eigenvalue weighted by atomic mass is 14.5. The summed E-state index contributed by atoms with van der Waals surface area (Å²) >= 11 is 0. The fraction of sp³-hybridized carbons (Fsp3) is 0.600. The molecule has 4 aliphatic rings. The van der Waals surface area contributed by atoms with Crippen molar-refractivity contribution < 1.29 is 0 Å². The third kappa shape index (κ3) is 0.416. The van der Waals surface area contributed by atoms with Crippen molar-refractivity contribution in [2.75, 3.05) is 0 Å². The molecule has 0 unspecified atom stereocenters. The summed E-state index contributed by atoms with van der Waals surface area (Å²) in [6.45, 7) is 2.26. The van der Waals surface area contributed by atoms with E-state index in [0.717, 1.165) is 11.8 Å². The molecule has 0 aromatic heterocycles. The standard InChI is InChI=1S/C10H12/c1-6-2-9-7-4-8(5-7)10(9)3-6/h2,7-8H,3-5H2,1H3.